The number of para-hydroxylation sites is 1. The summed E-state index contributed by atoms with van der Waals surface area (Å²) in [5.41, 5.74) is 1.73. The van der Waals surface area contributed by atoms with Gasteiger partial charge in [0.1, 0.15) is 17.3 Å². The Kier molecular flexibility index (Phi) is 7.52. The third kappa shape index (κ3) is 5.59. The molecule has 4 rings (SSSR count). The molecule has 2 aromatic carbocycles. The molecule has 0 spiro atoms. The molecule has 34 heavy (non-hydrogen) atoms. The minimum Gasteiger partial charge on any atom is -0.497 e. The number of hydrogen-bond acceptors (Lipinski definition) is 7. The number of benzene rings is 2. The van der Waals surface area contributed by atoms with Gasteiger partial charge in [0.25, 0.3) is 0 Å². The van der Waals surface area contributed by atoms with Crippen molar-refractivity contribution in [2.24, 2.45) is 0 Å². The summed E-state index contributed by atoms with van der Waals surface area (Å²) in [6.45, 7) is 0. The molecule has 0 unspecified atom stereocenters. The minimum atomic E-state index is 0.310. The first-order chi connectivity index (χ1) is 16.5. The monoisotopic (exact) mass is 480 g/mol. The van der Waals surface area contributed by atoms with Crippen molar-refractivity contribution in [1.29, 1.82) is 0 Å². The van der Waals surface area contributed by atoms with E-state index in [9.17, 15) is 0 Å². The van der Waals surface area contributed by atoms with Crippen molar-refractivity contribution in [3.8, 4) is 11.5 Å². The highest BCUT2D eigenvalue weighted by atomic mass is 32.1. The summed E-state index contributed by atoms with van der Waals surface area (Å²) in [4.78, 5) is 11.5. The van der Waals surface area contributed by atoms with Crippen LogP contribution in [0.1, 0.15) is 25.7 Å². The molecule has 1 aliphatic carbocycles. The molecule has 3 aromatic rings. The van der Waals surface area contributed by atoms with Gasteiger partial charge in [-0.05, 0) is 62.2 Å². The standard InChI is InChI=1S/C25H32N6O2S/c1-31(2)23-19-7-5-6-8-20(19)28-24(30-23)26-16-9-11-17(12-10-16)27-25(34)29-21-15-18(32-3)13-14-22(21)33-4/h5-8,13-17H,9-12H2,1-4H3,(H,26,28,30)(H2,27,29,34). The summed E-state index contributed by atoms with van der Waals surface area (Å²) in [6.07, 6.45) is 4.03. The predicted octanol–water partition coefficient (Wildman–Crippen LogP) is 4.42. The third-order valence-corrected chi connectivity index (χ3v) is 6.28. The zero-order valence-electron chi connectivity index (χ0n) is 20.1. The van der Waals surface area contributed by atoms with Gasteiger partial charge < -0.3 is 30.3 Å². The molecule has 0 radical (unpaired) electrons. The van der Waals surface area contributed by atoms with Crippen LogP contribution in [0.2, 0.25) is 0 Å². The number of nitrogens with zero attached hydrogens (tertiary/aromatic N) is 3. The molecular formula is C25H32N6O2S. The maximum Gasteiger partial charge on any atom is 0.225 e. The van der Waals surface area contributed by atoms with Crippen molar-refractivity contribution in [2.75, 3.05) is 43.8 Å². The normalized spacial score (nSPS) is 17.6. The van der Waals surface area contributed by atoms with E-state index in [0.29, 0.717) is 28.9 Å². The van der Waals surface area contributed by atoms with Gasteiger partial charge in [0, 0.05) is 37.6 Å². The summed E-state index contributed by atoms with van der Waals surface area (Å²) in [6, 6.07) is 14.3. The first-order valence-corrected chi connectivity index (χ1v) is 11.9. The Morgan fingerprint density at radius 2 is 1.71 bits per heavy atom. The maximum absolute atomic E-state index is 5.56. The zero-order chi connectivity index (χ0) is 24.1. The molecule has 1 saturated carbocycles. The lowest BCUT2D eigenvalue weighted by atomic mass is 9.91. The first-order valence-electron chi connectivity index (χ1n) is 11.5. The quantitative estimate of drug-likeness (QED) is 0.426. The molecule has 9 heteroatoms. The Labute approximate surface area is 206 Å². The molecule has 1 fully saturated rings. The van der Waals surface area contributed by atoms with Gasteiger partial charge in [0.2, 0.25) is 5.95 Å². The second-order valence-corrected chi connectivity index (χ2v) is 9.05. The molecule has 1 aromatic heterocycles. The molecule has 0 atom stereocenters. The van der Waals surface area contributed by atoms with E-state index in [1.165, 1.54) is 0 Å². The number of hydrogen-bond donors (Lipinski definition) is 3. The Morgan fingerprint density at radius 3 is 2.41 bits per heavy atom. The number of anilines is 3. The van der Waals surface area contributed by atoms with Crippen LogP contribution >= 0.6 is 12.2 Å². The Hall–Kier alpha value is -3.33. The van der Waals surface area contributed by atoms with Crippen molar-refractivity contribution in [2.45, 2.75) is 37.8 Å². The topological polar surface area (TPSA) is 83.6 Å². The zero-order valence-corrected chi connectivity index (χ0v) is 20.9. The summed E-state index contributed by atoms with van der Waals surface area (Å²) in [7, 11) is 7.29. The van der Waals surface area contributed by atoms with Crippen LogP contribution in [0.3, 0.4) is 0 Å². The van der Waals surface area contributed by atoms with Gasteiger partial charge in [-0.2, -0.15) is 4.98 Å². The number of rotatable bonds is 7. The van der Waals surface area contributed by atoms with Crippen molar-refractivity contribution in [3.63, 3.8) is 0 Å². The van der Waals surface area contributed by atoms with E-state index in [1.807, 2.05) is 55.4 Å². The van der Waals surface area contributed by atoms with Crippen LogP contribution in [0.15, 0.2) is 42.5 Å². The van der Waals surface area contributed by atoms with Crippen molar-refractivity contribution >= 4 is 45.7 Å². The lowest BCUT2D eigenvalue weighted by Crippen LogP contribution is -2.42. The molecule has 0 saturated heterocycles. The van der Waals surface area contributed by atoms with Crippen LogP contribution in [0.4, 0.5) is 17.5 Å². The van der Waals surface area contributed by atoms with E-state index >= 15 is 0 Å². The van der Waals surface area contributed by atoms with Crippen LogP contribution in [0.5, 0.6) is 11.5 Å². The largest absolute Gasteiger partial charge is 0.497 e. The molecule has 1 aliphatic rings. The second-order valence-electron chi connectivity index (χ2n) is 8.64. The van der Waals surface area contributed by atoms with Gasteiger partial charge in [-0.25, -0.2) is 4.98 Å². The fraction of sp³-hybridized carbons (Fsp3) is 0.400. The Balaban J connectivity index is 1.33. The van der Waals surface area contributed by atoms with Gasteiger partial charge >= 0.3 is 0 Å². The van der Waals surface area contributed by atoms with E-state index < -0.39 is 0 Å². The maximum atomic E-state index is 5.56. The number of fused-ring (bicyclic) bond motifs is 1. The van der Waals surface area contributed by atoms with Crippen molar-refractivity contribution in [3.05, 3.63) is 42.5 Å². The van der Waals surface area contributed by atoms with Gasteiger partial charge in [0.15, 0.2) is 5.11 Å². The highest BCUT2D eigenvalue weighted by Gasteiger charge is 2.23. The number of methoxy groups -OCH3 is 2. The van der Waals surface area contributed by atoms with E-state index in [0.717, 1.165) is 53.8 Å². The summed E-state index contributed by atoms with van der Waals surface area (Å²) in [5.74, 6) is 3.06. The number of thiocarbonyl (C=S) groups is 1. The number of nitrogens with one attached hydrogen (secondary N) is 3. The molecule has 0 aliphatic heterocycles. The SMILES string of the molecule is COc1ccc(OC)c(NC(=S)NC2CCC(Nc3nc(N(C)C)c4ccccc4n3)CC2)c1. The lowest BCUT2D eigenvalue weighted by molar-refractivity contribution is 0.387. The average molecular weight is 481 g/mol. The highest BCUT2D eigenvalue weighted by molar-refractivity contribution is 7.80. The number of ether oxygens (including phenoxy) is 2. The lowest BCUT2D eigenvalue weighted by Gasteiger charge is -2.30. The van der Waals surface area contributed by atoms with E-state index in [4.69, 9.17) is 31.7 Å². The van der Waals surface area contributed by atoms with Gasteiger partial charge in [0.05, 0.1) is 25.4 Å². The van der Waals surface area contributed by atoms with Gasteiger partial charge in [-0.15, -0.1) is 0 Å². The van der Waals surface area contributed by atoms with Crippen LogP contribution in [-0.4, -0.2) is 55.5 Å². The van der Waals surface area contributed by atoms with E-state index in [-0.39, 0.29) is 0 Å². The van der Waals surface area contributed by atoms with Crippen LogP contribution in [-0.2, 0) is 0 Å². The van der Waals surface area contributed by atoms with Crippen LogP contribution < -0.4 is 30.3 Å². The van der Waals surface area contributed by atoms with Gasteiger partial charge in [-0.3, -0.25) is 0 Å². The molecule has 180 valence electrons. The first kappa shape index (κ1) is 23.8. The van der Waals surface area contributed by atoms with E-state index in [1.54, 1.807) is 14.2 Å². The highest BCUT2D eigenvalue weighted by Crippen LogP contribution is 2.29. The van der Waals surface area contributed by atoms with Crippen molar-refractivity contribution in [1.82, 2.24) is 15.3 Å². The molecule has 0 bridgehead atoms. The number of aromatic nitrogens is 2. The molecule has 3 N–H and O–H groups in total. The molecule has 8 nitrogen and oxygen atoms in total. The summed E-state index contributed by atoms with van der Waals surface area (Å²) < 4.78 is 10.7. The summed E-state index contributed by atoms with van der Waals surface area (Å²) in [5, 5.41) is 11.9. The fourth-order valence-corrected chi connectivity index (χ4v) is 4.56. The van der Waals surface area contributed by atoms with Crippen LogP contribution in [0.25, 0.3) is 10.9 Å². The van der Waals surface area contributed by atoms with Crippen LogP contribution in [0, 0.1) is 0 Å². The Morgan fingerprint density at radius 1 is 0.971 bits per heavy atom. The van der Waals surface area contributed by atoms with Gasteiger partial charge in [-0.1, -0.05) is 12.1 Å². The molecular weight excluding hydrogens is 448 g/mol. The second kappa shape index (κ2) is 10.7. The van der Waals surface area contributed by atoms with E-state index in [2.05, 4.69) is 22.0 Å². The minimum absolute atomic E-state index is 0.310. The average Bonchev–Trinajstić information content (AvgIpc) is 2.84. The third-order valence-electron chi connectivity index (χ3n) is 6.06. The molecule has 0 amide bonds. The Bertz CT molecular complexity index is 1150. The summed E-state index contributed by atoms with van der Waals surface area (Å²) >= 11 is 5.56. The fourth-order valence-electron chi connectivity index (χ4n) is 4.29. The smallest absolute Gasteiger partial charge is 0.225 e. The predicted molar refractivity (Wildman–Crippen MR) is 142 cm³/mol. The van der Waals surface area contributed by atoms with Crippen molar-refractivity contribution < 1.29 is 9.47 Å². The molecule has 1 heterocycles.